The molecular weight excluding hydrogens is 299 g/mol. The van der Waals surface area contributed by atoms with Crippen molar-refractivity contribution in [3.63, 3.8) is 0 Å². The van der Waals surface area contributed by atoms with E-state index in [1.807, 2.05) is 0 Å². The molecule has 0 bridgehead atoms. The van der Waals surface area contributed by atoms with Gasteiger partial charge in [-0.3, -0.25) is 4.90 Å². The number of likely N-dealkylation sites (tertiary alicyclic amines) is 1. The lowest BCUT2D eigenvalue weighted by Crippen LogP contribution is -2.38. The number of halogens is 3. The average Bonchev–Trinajstić information content (AvgIpc) is 2.47. The lowest BCUT2D eigenvalue weighted by molar-refractivity contribution is -0.137. The molecule has 2 unspecified atom stereocenters. The first kappa shape index (κ1) is 18.1. The quantitative estimate of drug-likeness (QED) is 0.644. The summed E-state index contributed by atoms with van der Waals surface area (Å²) in [4.78, 5) is 2.36. The molecule has 2 atom stereocenters. The second-order valence-corrected chi connectivity index (χ2v) is 6.69. The molecule has 0 aliphatic carbocycles. The second-order valence-electron chi connectivity index (χ2n) is 6.69. The van der Waals surface area contributed by atoms with Gasteiger partial charge in [0.15, 0.2) is 0 Å². The van der Waals surface area contributed by atoms with E-state index < -0.39 is 11.7 Å². The van der Waals surface area contributed by atoms with Crippen LogP contribution in [-0.2, 0) is 12.7 Å². The number of nitrogens with zero attached hydrogens (tertiary/aromatic N) is 1. The normalized spacial score (nSPS) is 21.2. The standard InChI is InChI=1S/C19H26F3N/c1-4-18(14(2)3)16-6-5-11-23(13-16)12-15-7-9-17(10-8-15)19(20,21)22/h7-10,16,18H,2,4-6,11-13H2,1,3H3. The predicted octanol–water partition coefficient (Wildman–Crippen LogP) is 5.52. The summed E-state index contributed by atoms with van der Waals surface area (Å²) in [5.41, 5.74) is 1.61. The van der Waals surface area contributed by atoms with Gasteiger partial charge in [0.05, 0.1) is 5.56 Å². The van der Waals surface area contributed by atoms with Crippen molar-refractivity contribution in [3.8, 4) is 0 Å². The van der Waals surface area contributed by atoms with E-state index in [1.165, 1.54) is 24.1 Å². The fraction of sp³-hybridized carbons (Fsp3) is 0.579. The topological polar surface area (TPSA) is 3.24 Å². The SMILES string of the molecule is C=C(C)C(CC)C1CCCN(Cc2ccc(C(F)(F)F)cc2)C1. The molecule has 2 rings (SSSR count). The molecule has 1 fully saturated rings. The van der Waals surface area contributed by atoms with Crippen molar-refractivity contribution in [2.45, 2.75) is 45.8 Å². The summed E-state index contributed by atoms with van der Waals surface area (Å²) in [5.74, 6) is 1.16. The molecule has 1 aromatic carbocycles. The van der Waals surface area contributed by atoms with Gasteiger partial charge >= 0.3 is 6.18 Å². The zero-order chi connectivity index (χ0) is 17.0. The third-order valence-electron chi connectivity index (χ3n) is 4.87. The molecule has 1 heterocycles. The van der Waals surface area contributed by atoms with Crippen molar-refractivity contribution in [3.05, 3.63) is 47.5 Å². The van der Waals surface area contributed by atoms with E-state index in [0.29, 0.717) is 11.8 Å². The van der Waals surface area contributed by atoms with Gasteiger partial charge in [0.2, 0.25) is 0 Å². The molecule has 0 amide bonds. The number of hydrogen-bond acceptors (Lipinski definition) is 1. The van der Waals surface area contributed by atoms with E-state index in [0.717, 1.165) is 38.0 Å². The number of hydrogen-bond donors (Lipinski definition) is 0. The third kappa shape index (κ3) is 4.84. The molecule has 0 aromatic heterocycles. The van der Waals surface area contributed by atoms with Crippen molar-refractivity contribution < 1.29 is 13.2 Å². The lowest BCUT2D eigenvalue weighted by atomic mass is 9.80. The molecular formula is C19H26F3N. The van der Waals surface area contributed by atoms with Crippen LogP contribution in [0.3, 0.4) is 0 Å². The molecule has 1 aliphatic rings. The van der Waals surface area contributed by atoms with Gasteiger partial charge in [-0.2, -0.15) is 13.2 Å². The number of benzene rings is 1. The Morgan fingerprint density at radius 1 is 1.30 bits per heavy atom. The number of alkyl halides is 3. The van der Waals surface area contributed by atoms with Crippen molar-refractivity contribution >= 4 is 0 Å². The van der Waals surface area contributed by atoms with Crippen molar-refractivity contribution in [2.24, 2.45) is 11.8 Å². The van der Waals surface area contributed by atoms with Crippen LogP contribution >= 0.6 is 0 Å². The maximum atomic E-state index is 12.6. The Kier molecular flexibility index (Phi) is 5.90. The smallest absolute Gasteiger partial charge is 0.299 e. The van der Waals surface area contributed by atoms with E-state index >= 15 is 0 Å². The monoisotopic (exact) mass is 325 g/mol. The number of piperidine rings is 1. The van der Waals surface area contributed by atoms with E-state index in [1.54, 1.807) is 12.1 Å². The Morgan fingerprint density at radius 2 is 1.96 bits per heavy atom. The largest absolute Gasteiger partial charge is 0.416 e. The van der Waals surface area contributed by atoms with Gasteiger partial charge in [0, 0.05) is 13.1 Å². The van der Waals surface area contributed by atoms with E-state index in [9.17, 15) is 13.2 Å². The minimum Gasteiger partial charge on any atom is -0.299 e. The fourth-order valence-electron chi connectivity index (χ4n) is 3.70. The van der Waals surface area contributed by atoms with Crippen LogP contribution in [-0.4, -0.2) is 18.0 Å². The highest BCUT2D eigenvalue weighted by Gasteiger charge is 2.30. The lowest BCUT2D eigenvalue weighted by Gasteiger charge is -2.37. The second kappa shape index (κ2) is 7.52. The molecule has 0 saturated carbocycles. The first-order chi connectivity index (χ1) is 10.8. The van der Waals surface area contributed by atoms with E-state index in [4.69, 9.17) is 0 Å². The van der Waals surface area contributed by atoms with Crippen LogP contribution in [0.2, 0.25) is 0 Å². The molecule has 128 valence electrons. The van der Waals surface area contributed by atoms with Gasteiger partial charge in [-0.25, -0.2) is 0 Å². The summed E-state index contributed by atoms with van der Waals surface area (Å²) >= 11 is 0. The Morgan fingerprint density at radius 3 is 2.48 bits per heavy atom. The van der Waals surface area contributed by atoms with Crippen molar-refractivity contribution in [1.82, 2.24) is 4.90 Å². The maximum absolute atomic E-state index is 12.6. The summed E-state index contributed by atoms with van der Waals surface area (Å²) in [6.45, 7) is 11.2. The summed E-state index contributed by atoms with van der Waals surface area (Å²) in [6.07, 6.45) is -0.789. The predicted molar refractivity (Wildman–Crippen MR) is 88.0 cm³/mol. The van der Waals surface area contributed by atoms with Crippen LogP contribution < -0.4 is 0 Å². The summed E-state index contributed by atoms with van der Waals surface area (Å²) < 4.78 is 37.8. The third-order valence-corrected chi connectivity index (χ3v) is 4.87. The minimum atomic E-state index is -4.26. The zero-order valence-electron chi connectivity index (χ0n) is 14.0. The first-order valence-electron chi connectivity index (χ1n) is 8.35. The molecule has 0 spiro atoms. The zero-order valence-corrected chi connectivity index (χ0v) is 14.0. The molecule has 4 heteroatoms. The molecule has 1 saturated heterocycles. The summed E-state index contributed by atoms with van der Waals surface area (Å²) in [6, 6.07) is 5.56. The molecule has 0 N–H and O–H groups in total. The van der Waals surface area contributed by atoms with Crippen LogP contribution in [0.1, 0.15) is 44.2 Å². The Balaban J connectivity index is 1.98. The van der Waals surface area contributed by atoms with Crippen LogP contribution in [0.15, 0.2) is 36.4 Å². The highest BCUT2D eigenvalue weighted by atomic mass is 19.4. The Bertz CT molecular complexity index is 518. The minimum absolute atomic E-state index is 0.547. The van der Waals surface area contributed by atoms with Crippen LogP contribution in [0.25, 0.3) is 0 Å². The molecule has 1 nitrogen and oxygen atoms in total. The summed E-state index contributed by atoms with van der Waals surface area (Å²) in [7, 11) is 0. The number of rotatable bonds is 5. The van der Waals surface area contributed by atoms with Crippen LogP contribution in [0.4, 0.5) is 13.2 Å². The highest BCUT2D eigenvalue weighted by Crippen LogP contribution is 2.32. The first-order valence-corrected chi connectivity index (χ1v) is 8.35. The Hall–Kier alpha value is -1.29. The van der Waals surface area contributed by atoms with Gasteiger partial charge in [0.1, 0.15) is 0 Å². The average molecular weight is 325 g/mol. The maximum Gasteiger partial charge on any atom is 0.416 e. The van der Waals surface area contributed by atoms with Crippen molar-refractivity contribution in [1.29, 1.82) is 0 Å². The molecule has 1 aromatic rings. The van der Waals surface area contributed by atoms with E-state index in [2.05, 4.69) is 25.3 Å². The van der Waals surface area contributed by atoms with Crippen molar-refractivity contribution in [2.75, 3.05) is 13.1 Å². The van der Waals surface area contributed by atoms with Crippen LogP contribution in [0.5, 0.6) is 0 Å². The van der Waals surface area contributed by atoms with Gasteiger partial charge in [-0.05, 0) is 62.3 Å². The fourth-order valence-corrected chi connectivity index (χ4v) is 3.70. The number of allylic oxidation sites excluding steroid dienone is 1. The van der Waals surface area contributed by atoms with Gasteiger partial charge in [0.25, 0.3) is 0 Å². The van der Waals surface area contributed by atoms with Gasteiger partial charge < -0.3 is 0 Å². The molecule has 1 aliphatic heterocycles. The Labute approximate surface area is 137 Å². The van der Waals surface area contributed by atoms with Crippen LogP contribution in [0, 0.1) is 11.8 Å². The van der Waals surface area contributed by atoms with Gasteiger partial charge in [-0.1, -0.05) is 31.2 Å². The summed E-state index contributed by atoms with van der Waals surface area (Å²) in [5, 5.41) is 0. The molecule has 0 radical (unpaired) electrons. The highest BCUT2D eigenvalue weighted by molar-refractivity contribution is 5.24. The van der Waals surface area contributed by atoms with E-state index in [-0.39, 0.29) is 0 Å². The van der Waals surface area contributed by atoms with Gasteiger partial charge in [-0.15, -0.1) is 0 Å². The molecule has 23 heavy (non-hydrogen) atoms.